The van der Waals surface area contributed by atoms with E-state index >= 15 is 0 Å². The highest BCUT2D eigenvalue weighted by Crippen LogP contribution is 2.27. The number of nitrogens with one attached hydrogen (secondary N) is 1. The van der Waals surface area contributed by atoms with Gasteiger partial charge in [0.1, 0.15) is 6.04 Å². The molecule has 3 rings (SSSR count). The van der Waals surface area contributed by atoms with Crippen LogP contribution in [-0.4, -0.2) is 22.8 Å². The molecule has 0 saturated carbocycles. The smallest absolute Gasteiger partial charge is 0.255 e. The zero-order chi connectivity index (χ0) is 18.7. The number of hydrogen-bond donors (Lipinski definition) is 1. The molecule has 1 N–H and O–H groups in total. The van der Waals surface area contributed by atoms with Crippen LogP contribution in [0.5, 0.6) is 0 Å². The fourth-order valence-electron chi connectivity index (χ4n) is 3.29. The molecule has 0 aromatic heterocycles. The third kappa shape index (κ3) is 3.91. The average molecular weight is 371 g/mol. The summed E-state index contributed by atoms with van der Waals surface area (Å²) in [6, 6.07) is 14.5. The van der Waals surface area contributed by atoms with Gasteiger partial charge in [0.05, 0.1) is 0 Å². The molecule has 0 unspecified atom stereocenters. The molecule has 26 heavy (non-hydrogen) atoms. The molecule has 1 aliphatic heterocycles. The van der Waals surface area contributed by atoms with Crippen molar-refractivity contribution in [3.05, 3.63) is 70.2 Å². The minimum absolute atomic E-state index is 0.0702. The van der Waals surface area contributed by atoms with Gasteiger partial charge in [-0.25, -0.2) is 0 Å². The Hall–Kier alpha value is -2.33. The summed E-state index contributed by atoms with van der Waals surface area (Å²) in [6.45, 7) is 4.94. The van der Waals surface area contributed by atoms with Crippen molar-refractivity contribution in [2.75, 3.05) is 0 Å². The van der Waals surface area contributed by atoms with Gasteiger partial charge in [0, 0.05) is 23.7 Å². The fourth-order valence-corrected chi connectivity index (χ4v) is 3.50. The van der Waals surface area contributed by atoms with Gasteiger partial charge in [-0.15, -0.1) is 0 Å². The number of halogens is 1. The molecule has 0 fully saturated rings. The van der Waals surface area contributed by atoms with E-state index < -0.39 is 6.04 Å². The first-order valence-corrected chi connectivity index (χ1v) is 9.25. The molecule has 1 heterocycles. The number of nitrogens with zero attached hydrogens (tertiary/aromatic N) is 1. The molecule has 0 spiro atoms. The Kier molecular flexibility index (Phi) is 5.62. The predicted molar refractivity (Wildman–Crippen MR) is 103 cm³/mol. The first-order valence-electron chi connectivity index (χ1n) is 8.87. The molecule has 0 bridgehead atoms. The molecule has 0 saturated heterocycles. The van der Waals surface area contributed by atoms with Crippen molar-refractivity contribution in [3.8, 4) is 0 Å². The number of carbonyl (C=O) groups excluding carboxylic acids is 2. The van der Waals surface area contributed by atoms with E-state index in [2.05, 4.69) is 19.2 Å². The molecule has 2 aromatic carbocycles. The summed E-state index contributed by atoms with van der Waals surface area (Å²) in [7, 11) is 0. The maximum atomic E-state index is 12.9. The third-order valence-electron chi connectivity index (χ3n) is 4.63. The summed E-state index contributed by atoms with van der Waals surface area (Å²) in [5.41, 5.74) is 2.53. The standard InChI is InChI=1S/C21H23ClN2O2/c1-14(2)11-19(20(25)23-12-15-7-4-6-10-18(15)22)24-13-16-8-3-5-9-17(16)21(24)26/h3-10,14,19H,11-13H2,1-2H3,(H,23,25)/t19-/m1/s1. The summed E-state index contributed by atoms with van der Waals surface area (Å²) in [5, 5.41) is 3.58. The zero-order valence-electron chi connectivity index (χ0n) is 15.0. The van der Waals surface area contributed by atoms with Crippen molar-refractivity contribution >= 4 is 23.4 Å². The van der Waals surface area contributed by atoms with Crippen molar-refractivity contribution < 1.29 is 9.59 Å². The van der Waals surface area contributed by atoms with Gasteiger partial charge in [-0.05, 0) is 35.6 Å². The van der Waals surface area contributed by atoms with Crippen molar-refractivity contribution in [2.24, 2.45) is 5.92 Å². The summed E-state index contributed by atoms with van der Waals surface area (Å²) in [5.74, 6) is 0.0847. The normalized spacial score (nSPS) is 14.5. The molecule has 4 nitrogen and oxygen atoms in total. The van der Waals surface area contributed by atoms with Crippen LogP contribution in [0.4, 0.5) is 0 Å². The first kappa shape index (κ1) is 18.5. The maximum absolute atomic E-state index is 12.9. The molecule has 0 aliphatic carbocycles. The van der Waals surface area contributed by atoms with Crippen molar-refractivity contribution in [1.29, 1.82) is 0 Å². The Balaban J connectivity index is 1.75. The topological polar surface area (TPSA) is 49.4 Å². The zero-order valence-corrected chi connectivity index (χ0v) is 15.8. The van der Waals surface area contributed by atoms with Crippen LogP contribution in [0.25, 0.3) is 0 Å². The Morgan fingerprint density at radius 3 is 2.54 bits per heavy atom. The highest BCUT2D eigenvalue weighted by Gasteiger charge is 2.36. The number of hydrogen-bond acceptors (Lipinski definition) is 2. The lowest BCUT2D eigenvalue weighted by atomic mass is 10.0. The van der Waals surface area contributed by atoms with Crippen LogP contribution in [0.2, 0.25) is 5.02 Å². The van der Waals surface area contributed by atoms with E-state index in [0.29, 0.717) is 36.0 Å². The van der Waals surface area contributed by atoms with E-state index in [1.807, 2.05) is 42.5 Å². The number of carbonyl (C=O) groups is 2. The largest absolute Gasteiger partial charge is 0.350 e. The average Bonchev–Trinajstić information content (AvgIpc) is 2.95. The molecule has 1 atom stereocenters. The highest BCUT2D eigenvalue weighted by atomic mass is 35.5. The maximum Gasteiger partial charge on any atom is 0.255 e. The molecular formula is C21H23ClN2O2. The van der Waals surface area contributed by atoms with Gasteiger partial charge in [0.15, 0.2) is 0 Å². The Morgan fingerprint density at radius 2 is 1.85 bits per heavy atom. The van der Waals surface area contributed by atoms with Crippen LogP contribution in [0, 0.1) is 5.92 Å². The van der Waals surface area contributed by atoms with Gasteiger partial charge < -0.3 is 10.2 Å². The summed E-state index contributed by atoms with van der Waals surface area (Å²) >= 11 is 6.17. The van der Waals surface area contributed by atoms with Crippen LogP contribution in [0.1, 0.15) is 41.8 Å². The van der Waals surface area contributed by atoms with E-state index in [-0.39, 0.29) is 11.8 Å². The van der Waals surface area contributed by atoms with Crippen LogP contribution >= 0.6 is 11.6 Å². The van der Waals surface area contributed by atoms with Gasteiger partial charge in [0.2, 0.25) is 5.91 Å². The summed E-state index contributed by atoms with van der Waals surface area (Å²) in [6.07, 6.45) is 0.619. The number of fused-ring (bicyclic) bond motifs is 1. The summed E-state index contributed by atoms with van der Waals surface area (Å²) < 4.78 is 0. The minimum atomic E-state index is -0.489. The van der Waals surface area contributed by atoms with E-state index in [0.717, 1.165) is 11.1 Å². The van der Waals surface area contributed by atoms with Gasteiger partial charge in [0.25, 0.3) is 5.91 Å². The molecule has 136 valence electrons. The van der Waals surface area contributed by atoms with Gasteiger partial charge in [-0.2, -0.15) is 0 Å². The second kappa shape index (κ2) is 7.92. The predicted octanol–water partition coefficient (Wildman–Crippen LogP) is 4.03. The van der Waals surface area contributed by atoms with E-state index in [9.17, 15) is 9.59 Å². The third-order valence-corrected chi connectivity index (χ3v) is 5.00. The number of amides is 2. The summed E-state index contributed by atoms with van der Waals surface area (Å²) in [4.78, 5) is 27.4. The molecule has 0 radical (unpaired) electrons. The first-order chi connectivity index (χ1) is 12.5. The molecular weight excluding hydrogens is 348 g/mol. The lowest BCUT2D eigenvalue weighted by molar-refractivity contribution is -0.126. The molecule has 2 amide bonds. The quantitative estimate of drug-likeness (QED) is 0.834. The molecule has 1 aliphatic rings. The van der Waals surface area contributed by atoms with E-state index in [1.165, 1.54) is 0 Å². The lowest BCUT2D eigenvalue weighted by Crippen LogP contribution is -2.47. The van der Waals surface area contributed by atoms with Gasteiger partial charge in [-0.1, -0.05) is 61.8 Å². The SMILES string of the molecule is CC(C)C[C@H](C(=O)NCc1ccccc1Cl)N1Cc2ccccc2C1=O. The number of rotatable bonds is 6. The van der Waals surface area contributed by atoms with Crippen LogP contribution in [-0.2, 0) is 17.9 Å². The van der Waals surface area contributed by atoms with Crippen molar-refractivity contribution in [3.63, 3.8) is 0 Å². The number of benzene rings is 2. The van der Waals surface area contributed by atoms with Gasteiger partial charge in [-0.3, -0.25) is 9.59 Å². The molecule has 5 heteroatoms. The Morgan fingerprint density at radius 1 is 1.15 bits per heavy atom. The van der Waals surface area contributed by atoms with E-state index in [4.69, 9.17) is 11.6 Å². The van der Waals surface area contributed by atoms with Gasteiger partial charge >= 0.3 is 0 Å². The van der Waals surface area contributed by atoms with Crippen molar-refractivity contribution in [1.82, 2.24) is 10.2 Å². The highest BCUT2D eigenvalue weighted by molar-refractivity contribution is 6.31. The van der Waals surface area contributed by atoms with Crippen LogP contribution in [0.15, 0.2) is 48.5 Å². The fraction of sp³-hybridized carbons (Fsp3) is 0.333. The second-order valence-electron chi connectivity index (χ2n) is 7.04. The second-order valence-corrected chi connectivity index (χ2v) is 7.45. The Bertz CT molecular complexity index is 819. The van der Waals surface area contributed by atoms with Crippen molar-refractivity contribution in [2.45, 2.75) is 39.4 Å². The van der Waals surface area contributed by atoms with Crippen LogP contribution < -0.4 is 5.32 Å². The van der Waals surface area contributed by atoms with E-state index in [1.54, 1.807) is 11.0 Å². The lowest BCUT2D eigenvalue weighted by Gasteiger charge is -2.28. The minimum Gasteiger partial charge on any atom is -0.350 e. The Labute approximate surface area is 159 Å². The van der Waals surface area contributed by atoms with Crippen LogP contribution in [0.3, 0.4) is 0 Å². The monoisotopic (exact) mass is 370 g/mol. The molecule has 2 aromatic rings.